The first-order chi connectivity index (χ1) is 26.2. The predicted octanol–water partition coefficient (Wildman–Crippen LogP) is 11.4. The second kappa shape index (κ2) is 13.3. The Morgan fingerprint density at radius 3 is 1.74 bits per heavy atom. The van der Waals surface area contributed by atoms with Crippen molar-refractivity contribution in [3.63, 3.8) is 0 Å². The standard InChI is InChI=1S/C46H30N6O/c47-29-33-27-39-40(28-34(33)30-48)49-46(32-11-3-1-4-12-32)50-45(39)31-19-21-36(22-20-31)51(35-13-5-2-6-14-35)37-23-25-38(26-24-37)52-41-15-7-9-17-43(41)53-44-18-10-8-16-42(44)52/h1-28,45H,(H,49,50). The lowest BCUT2D eigenvalue weighted by molar-refractivity contribution is 0.477. The van der Waals surface area contributed by atoms with Crippen LogP contribution in [0.25, 0.3) is 0 Å². The molecule has 0 saturated carbocycles. The maximum atomic E-state index is 9.86. The zero-order valence-corrected chi connectivity index (χ0v) is 28.4. The summed E-state index contributed by atoms with van der Waals surface area (Å²) in [7, 11) is 0. The molecule has 0 aliphatic carbocycles. The zero-order chi connectivity index (χ0) is 35.7. The molecule has 1 N–H and O–H groups in total. The van der Waals surface area contributed by atoms with Crippen molar-refractivity contribution in [3.8, 4) is 23.6 Å². The molecule has 7 heteroatoms. The summed E-state index contributed by atoms with van der Waals surface area (Å²) in [4.78, 5) is 9.62. The summed E-state index contributed by atoms with van der Waals surface area (Å²) in [5, 5.41) is 23.1. The number of amidine groups is 1. The van der Waals surface area contributed by atoms with Gasteiger partial charge in [-0.3, -0.25) is 4.99 Å². The van der Waals surface area contributed by atoms with Gasteiger partial charge in [0.25, 0.3) is 0 Å². The number of nitrogens with one attached hydrogen (secondary N) is 1. The summed E-state index contributed by atoms with van der Waals surface area (Å²) in [5.74, 6) is 2.33. The topological polar surface area (TPSA) is 87.7 Å². The summed E-state index contributed by atoms with van der Waals surface area (Å²) in [6.45, 7) is 0. The SMILES string of the molecule is N#Cc1cc2c(cc1C#N)C(c1ccc(N(c3ccccc3)c3ccc(N4c5ccccc5Oc5ccccc54)cc3)cc1)N=C(c1ccccc1)N2. The van der Waals surface area contributed by atoms with E-state index in [9.17, 15) is 10.5 Å². The highest BCUT2D eigenvalue weighted by atomic mass is 16.5. The molecule has 53 heavy (non-hydrogen) atoms. The molecule has 7 nitrogen and oxygen atoms in total. The Morgan fingerprint density at radius 1 is 0.585 bits per heavy atom. The number of nitrogens with zero attached hydrogens (tertiary/aromatic N) is 5. The molecule has 1 atom stereocenters. The Kier molecular flexibility index (Phi) is 7.85. The number of anilines is 7. The number of hydrogen-bond acceptors (Lipinski definition) is 7. The van der Waals surface area contributed by atoms with E-state index >= 15 is 0 Å². The molecule has 0 spiro atoms. The number of ether oxygens (including phenoxy) is 1. The van der Waals surface area contributed by atoms with Crippen LogP contribution in [0.1, 0.15) is 33.9 Å². The number of nitriles is 2. The Hall–Kier alpha value is -7.61. The first-order valence-corrected chi connectivity index (χ1v) is 17.3. The minimum Gasteiger partial charge on any atom is -0.453 e. The van der Waals surface area contributed by atoms with Gasteiger partial charge in [0, 0.05) is 39.6 Å². The van der Waals surface area contributed by atoms with Gasteiger partial charge in [0.15, 0.2) is 11.5 Å². The van der Waals surface area contributed by atoms with E-state index in [4.69, 9.17) is 9.73 Å². The van der Waals surface area contributed by atoms with Gasteiger partial charge in [-0.25, -0.2) is 0 Å². The van der Waals surface area contributed by atoms with Gasteiger partial charge in [-0.2, -0.15) is 10.5 Å². The summed E-state index contributed by atoms with van der Waals surface area (Å²) in [5.41, 5.74) is 10.2. The van der Waals surface area contributed by atoms with E-state index in [0.717, 1.165) is 68.0 Å². The summed E-state index contributed by atoms with van der Waals surface area (Å²) < 4.78 is 6.24. The van der Waals surface area contributed by atoms with Gasteiger partial charge < -0.3 is 19.9 Å². The van der Waals surface area contributed by atoms with Crippen LogP contribution in [-0.2, 0) is 0 Å². The van der Waals surface area contributed by atoms with Crippen LogP contribution in [-0.4, -0.2) is 5.84 Å². The zero-order valence-electron chi connectivity index (χ0n) is 28.4. The maximum Gasteiger partial charge on any atom is 0.151 e. The molecule has 0 bridgehead atoms. The average Bonchev–Trinajstić information content (AvgIpc) is 3.23. The normalized spacial score (nSPS) is 13.8. The van der Waals surface area contributed by atoms with Gasteiger partial charge in [-0.05, 0) is 90.5 Å². The van der Waals surface area contributed by atoms with Crippen LogP contribution < -0.4 is 19.9 Å². The lowest BCUT2D eigenvalue weighted by Crippen LogP contribution is -2.22. The monoisotopic (exact) mass is 682 g/mol. The van der Waals surface area contributed by atoms with Crippen molar-refractivity contribution in [1.29, 1.82) is 10.5 Å². The molecule has 7 aromatic carbocycles. The Bertz CT molecular complexity index is 2540. The van der Waals surface area contributed by atoms with Crippen LogP contribution in [0.3, 0.4) is 0 Å². The fourth-order valence-corrected chi connectivity index (χ4v) is 7.05. The molecule has 250 valence electrons. The second-order valence-electron chi connectivity index (χ2n) is 12.7. The van der Waals surface area contributed by atoms with E-state index in [1.54, 1.807) is 12.1 Å². The quantitative estimate of drug-likeness (QED) is 0.188. The van der Waals surface area contributed by atoms with Crippen molar-refractivity contribution >= 4 is 45.6 Å². The van der Waals surface area contributed by atoms with Crippen molar-refractivity contribution in [3.05, 3.63) is 198 Å². The number of hydrogen-bond donors (Lipinski definition) is 1. The third kappa shape index (κ3) is 5.69. The fraction of sp³-hybridized carbons (Fsp3) is 0.0217. The summed E-state index contributed by atoms with van der Waals surface area (Å²) in [6, 6.07) is 60.9. The molecule has 0 amide bonds. The minimum atomic E-state index is -0.390. The number of benzene rings is 7. The molecule has 0 fully saturated rings. The van der Waals surface area contributed by atoms with Crippen LogP contribution in [0.5, 0.6) is 11.5 Å². The fourth-order valence-electron chi connectivity index (χ4n) is 7.05. The van der Waals surface area contributed by atoms with Gasteiger partial charge >= 0.3 is 0 Å². The van der Waals surface area contributed by atoms with Gasteiger partial charge in [-0.15, -0.1) is 0 Å². The maximum absolute atomic E-state index is 9.86. The van der Waals surface area contributed by atoms with Crippen molar-refractivity contribution in [2.24, 2.45) is 4.99 Å². The van der Waals surface area contributed by atoms with E-state index in [1.165, 1.54) is 0 Å². The molecule has 7 aromatic rings. The van der Waals surface area contributed by atoms with Crippen LogP contribution in [0.4, 0.5) is 39.8 Å². The molecule has 9 rings (SSSR count). The van der Waals surface area contributed by atoms with Crippen LogP contribution in [0.2, 0.25) is 0 Å². The average molecular weight is 683 g/mol. The number of fused-ring (bicyclic) bond motifs is 3. The second-order valence-corrected chi connectivity index (χ2v) is 12.7. The summed E-state index contributed by atoms with van der Waals surface area (Å²) in [6.07, 6.45) is 0. The highest BCUT2D eigenvalue weighted by molar-refractivity contribution is 6.10. The smallest absolute Gasteiger partial charge is 0.151 e. The number of para-hydroxylation sites is 5. The number of rotatable bonds is 6. The predicted molar refractivity (Wildman–Crippen MR) is 210 cm³/mol. The third-order valence-corrected chi connectivity index (χ3v) is 9.56. The van der Waals surface area contributed by atoms with Crippen molar-refractivity contribution < 1.29 is 4.74 Å². The number of aliphatic imine (C=N–C) groups is 1. The molecule has 2 aliphatic heterocycles. The lowest BCUT2D eigenvalue weighted by Gasteiger charge is -2.33. The Labute approximate surface area is 307 Å². The first kappa shape index (κ1) is 31.4. The largest absolute Gasteiger partial charge is 0.453 e. The van der Waals surface area contributed by atoms with Gasteiger partial charge in [0.05, 0.1) is 22.5 Å². The highest BCUT2D eigenvalue weighted by Crippen LogP contribution is 2.50. The minimum absolute atomic E-state index is 0.328. The van der Waals surface area contributed by atoms with Crippen molar-refractivity contribution in [2.75, 3.05) is 15.1 Å². The van der Waals surface area contributed by atoms with Gasteiger partial charge in [0.2, 0.25) is 0 Å². The third-order valence-electron chi connectivity index (χ3n) is 9.56. The molecule has 0 radical (unpaired) electrons. The molecular formula is C46H30N6O. The van der Waals surface area contributed by atoms with E-state index in [2.05, 4.69) is 100 Å². The molecule has 2 heterocycles. The van der Waals surface area contributed by atoms with E-state index in [0.29, 0.717) is 17.0 Å². The molecular weight excluding hydrogens is 653 g/mol. The van der Waals surface area contributed by atoms with Gasteiger partial charge in [0.1, 0.15) is 24.0 Å². The van der Waals surface area contributed by atoms with E-state index in [-0.39, 0.29) is 6.04 Å². The van der Waals surface area contributed by atoms with Crippen LogP contribution >= 0.6 is 0 Å². The lowest BCUT2D eigenvalue weighted by atomic mass is 9.92. The highest BCUT2D eigenvalue weighted by Gasteiger charge is 2.27. The van der Waals surface area contributed by atoms with Crippen molar-refractivity contribution in [1.82, 2.24) is 0 Å². The van der Waals surface area contributed by atoms with Crippen LogP contribution in [0.15, 0.2) is 175 Å². The molecule has 0 saturated heterocycles. The van der Waals surface area contributed by atoms with Gasteiger partial charge in [-0.1, -0.05) is 84.9 Å². The summed E-state index contributed by atoms with van der Waals surface area (Å²) >= 11 is 0. The molecule has 1 unspecified atom stereocenters. The molecule has 0 aromatic heterocycles. The van der Waals surface area contributed by atoms with Crippen molar-refractivity contribution in [2.45, 2.75) is 6.04 Å². The van der Waals surface area contributed by atoms with Crippen LogP contribution in [0, 0.1) is 22.7 Å². The van der Waals surface area contributed by atoms with E-state index < -0.39 is 0 Å². The Balaban J connectivity index is 1.10. The molecule has 2 aliphatic rings. The Morgan fingerprint density at radius 2 is 1.11 bits per heavy atom. The first-order valence-electron chi connectivity index (χ1n) is 17.3. The van der Waals surface area contributed by atoms with E-state index in [1.807, 2.05) is 84.9 Å².